The van der Waals surface area contributed by atoms with E-state index in [-0.39, 0.29) is 10.7 Å². The van der Waals surface area contributed by atoms with Gasteiger partial charge in [-0.15, -0.1) is 0 Å². The molecule has 0 aliphatic carbocycles. The van der Waals surface area contributed by atoms with E-state index in [0.717, 1.165) is 18.2 Å². The minimum absolute atomic E-state index is 0.0460. The van der Waals surface area contributed by atoms with Gasteiger partial charge in [-0.05, 0) is 39.0 Å². The van der Waals surface area contributed by atoms with Gasteiger partial charge in [0.2, 0.25) is 0 Å². The van der Waals surface area contributed by atoms with Crippen molar-refractivity contribution in [2.75, 3.05) is 5.32 Å². The third-order valence-corrected chi connectivity index (χ3v) is 2.44. The fourth-order valence-electron chi connectivity index (χ4n) is 1.33. The van der Waals surface area contributed by atoms with Gasteiger partial charge in [0.15, 0.2) is 0 Å². The number of rotatable bonds is 2. The molecule has 0 saturated heterocycles. The second-order valence-electron chi connectivity index (χ2n) is 5.15. The van der Waals surface area contributed by atoms with Crippen LogP contribution in [0.4, 0.5) is 23.7 Å². The molecular formula is C13H13ClF3NO3. The molecule has 1 amide bonds. The molecule has 0 aliphatic rings. The minimum Gasteiger partial charge on any atom is -0.444 e. The van der Waals surface area contributed by atoms with E-state index in [4.69, 9.17) is 16.3 Å². The predicted molar refractivity (Wildman–Crippen MR) is 71.7 cm³/mol. The molecule has 1 N–H and O–H groups in total. The third-order valence-electron chi connectivity index (χ3n) is 2.12. The van der Waals surface area contributed by atoms with Gasteiger partial charge >= 0.3 is 12.3 Å². The normalized spacial score (nSPS) is 12.0. The molecule has 0 fully saturated rings. The van der Waals surface area contributed by atoms with Gasteiger partial charge in [-0.1, -0.05) is 11.6 Å². The first kappa shape index (κ1) is 17.3. The standard InChI is InChI=1S/C13H13ClF3NO3/c1-12(2,3)21-11(20)18-9-5-4-7(6-8(9)14)10(19)13(15,16)17/h4-6H,1-3H3,(H,18,20). The zero-order valence-electron chi connectivity index (χ0n) is 11.5. The molecule has 0 heterocycles. The van der Waals surface area contributed by atoms with Gasteiger partial charge in [0, 0.05) is 5.56 Å². The third kappa shape index (κ3) is 5.26. The summed E-state index contributed by atoms with van der Waals surface area (Å²) >= 11 is 5.75. The van der Waals surface area contributed by atoms with Crippen molar-refractivity contribution in [2.24, 2.45) is 0 Å². The SMILES string of the molecule is CC(C)(C)OC(=O)Nc1ccc(C(=O)C(F)(F)F)cc1Cl. The number of ether oxygens (including phenoxy) is 1. The molecule has 0 aromatic heterocycles. The van der Waals surface area contributed by atoms with E-state index >= 15 is 0 Å². The van der Waals surface area contributed by atoms with Crippen LogP contribution in [0.3, 0.4) is 0 Å². The number of alkyl halides is 3. The number of anilines is 1. The second kappa shape index (κ2) is 5.93. The van der Waals surface area contributed by atoms with Gasteiger partial charge in [0.05, 0.1) is 10.7 Å². The highest BCUT2D eigenvalue weighted by Crippen LogP contribution is 2.28. The highest BCUT2D eigenvalue weighted by atomic mass is 35.5. The Morgan fingerprint density at radius 3 is 2.19 bits per heavy atom. The predicted octanol–water partition coefficient (Wildman–Crippen LogP) is 4.43. The molecule has 8 heteroatoms. The Labute approximate surface area is 124 Å². The van der Waals surface area contributed by atoms with Gasteiger partial charge in [-0.2, -0.15) is 13.2 Å². The van der Waals surface area contributed by atoms with Crippen LogP contribution in [0.2, 0.25) is 5.02 Å². The maximum Gasteiger partial charge on any atom is 0.454 e. The molecule has 0 bridgehead atoms. The average molecular weight is 324 g/mol. The molecule has 0 aliphatic heterocycles. The number of Topliss-reactive ketones (excluding diaryl/α,β-unsaturated/α-hetero) is 1. The maximum absolute atomic E-state index is 12.3. The number of hydrogen-bond donors (Lipinski definition) is 1. The summed E-state index contributed by atoms with van der Waals surface area (Å²) in [4.78, 5) is 22.6. The number of ketones is 1. The molecule has 0 radical (unpaired) electrons. The lowest BCUT2D eigenvalue weighted by molar-refractivity contribution is -0.0885. The number of amides is 1. The van der Waals surface area contributed by atoms with Crippen LogP contribution >= 0.6 is 11.6 Å². The van der Waals surface area contributed by atoms with Crippen molar-refractivity contribution in [3.63, 3.8) is 0 Å². The fraction of sp³-hybridized carbons (Fsp3) is 0.385. The molecular weight excluding hydrogens is 311 g/mol. The molecule has 1 rings (SSSR count). The lowest BCUT2D eigenvalue weighted by Crippen LogP contribution is -2.27. The molecule has 0 spiro atoms. The summed E-state index contributed by atoms with van der Waals surface area (Å²) in [5, 5.41) is 2.09. The van der Waals surface area contributed by atoms with Gasteiger partial charge in [-0.25, -0.2) is 4.79 Å². The van der Waals surface area contributed by atoms with Crippen LogP contribution in [0.15, 0.2) is 18.2 Å². The van der Waals surface area contributed by atoms with Crippen LogP contribution < -0.4 is 5.32 Å². The molecule has 0 atom stereocenters. The van der Waals surface area contributed by atoms with E-state index in [1.54, 1.807) is 20.8 Å². The summed E-state index contributed by atoms with van der Waals surface area (Å²) in [6, 6.07) is 2.86. The van der Waals surface area contributed by atoms with Crippen LogP contribution in [-0.4, -0.2) is 23.7 Å². The van der Waals surface area contributed by atoms with Gasteiger partial charge < -0.3 is 4.74 Å². The Bertz CT molecular complexity index is 565. The lowest BCUT2D eigenvalue weighted by Gasteiger charge is -2.20. The van der Waals surface area contributed by atoms with Gasteiger partial charge in [0.25, 0.3) is 5.78 Å². The molecule has 21 heavy (non-hydrogen) atoms. The molecule has 1 aromatic carbocycles. The Morgan fingerprint density at radius 2 is 1.76 bits per heavy atom. The molecule has 116 valence electrons. The topological polar surface area (TPSA) is 55.4 Å². The van der Waals surface area contributed by atoms with E-state index in [1.807, 2.05) is 0 Å². The largest absolute Gasteiger partial charge is 0.454 e. The zero-order chi connectivity index (χ0) is 16.4. The quantitative estimate of drug-likeness (QED) is 0.819. The Morgan fingerprint density at radius 1 is 1.19 bits per heavy atom. The minimum atomic E-state index is -4.98. The van der Waals surface area contributed by atoms with Crippen LogP contribution in [0.25, 0.3) is 0 Å². The summed E-state index contributed by atoms with van der Waals surface area (Å²) in [5.74, 6) is -2.01. The first-order valence-electron chi connectivity index (χ1n) is 5.81. The molecule has 1 aromatic rings. The Hall–Kier alpha value is -1.76. The van der Waals surface area contributed by atoms with E-state index in [0.29, 0.717) is 0 Å². The number of carbonyl (C=O) groups excluding carboxylic acids is 2. The van der Waals surface area contributed by atoms with E-state index in [1.165, 1.54) is 0 Å². The highest BCUT2D eigenvalue weighted by molar-refractivity contribution is 6.34. The first-order chi connectivity index (χ1) is 9.40. The van der Waals surface area contributed by atoms with E-state index < -0.39 is 29.2 Å². The Balaban J connectivity index is 2.89. The zero-order valence-corrected chi connectivity index (χ0v) is 12.2. The van der Waals surface area contributed by atoms with Crippen molar-refractivity contribution in [2.45, 2.75) is 32.5 Å². The lowest BCUT2D eigenvalue weighted by atomic mass is 10.1. The number of carbonyl (C=O) groups is 2. The summed E-state index contributed by atoms with van der Waals surface area (Å²) in [5.41, 5.74) is -1.30. The number of nitrogens with one attached hydrogen (secondary N) is 1. The van der Waals surface area contributed by atoms with Crippen LogP contribution in [-0.2, 0) is 4.74 Å². The van der Waals surface area contributed by atoms with Crippen LogP contribution in [0.5, 0.6) is 0 Å². The van der Waals surface area contributed by atoms with Crippen LogP contribution in [0, 0.1) is 0 Å². The van der Waals surface area contributed by atoms with E-state index in [2.05, 4.69) is 5.32 Å². The average Bonchev–Trinajstić information content (AvgIpc) is 2.27. The van der Waals surface area contributed by atoms with Crippen molar-refractivity contribution in [3.8, 4) is 0 Å². The second-order valence-corrected chi connectivity index (χ2v) is 5.56. The summed E-state index contributed by atoms with van der Waals surface area (Å²) in [6.07, 6.45) is -5.79. The molecule has 4 nitrogen and oxygen atoms in total. The summed E-state index contributed by atoms with van der Waals surface area (Å²) in [6.45, 7) is 4.96. The molecule has 0 unspecified atom stereocenters. The van der Waals surface area contributed by atoms with Crippen molar-refractivity contribution in [1.29, 1.82) is 0 Å². The number of hydrogen-bond acceptors (Lipinski definition) is 3. The monoisotopic (exact) mass is 323 g/mol. The van der Waals surface area contributed by atoms with Crippen molar-refractivity contribution in [3.05, 3.63) is 28.8 Å². The first-order valence-corrected chi connectivity index (χ1v) is 6.19. The fourth-order valence-corrected chi connectivity index (χ4v) is 1.56. The van der Waals surface area contributed by atoms with Gasteiger partial charge in [-0.3, -0.25) is 10.1 Å². The Kier molecular flexibility index (Phi) is 4.88. The number of benzene rings is 1. The van der Waals surface area contributed by atoms with E-state index in [9.17, 15) is 22.8 Å². The van der Waals surface area contributed by atoms with Crippen molar-refractivity contribution >= 4 is 29.2 Å². The highest BCUT2D eigenvalue weighted by Gasteiger charge is 2.39. The summed E-state index contributed by atoms with van der Waals surface area (Å²) < 4.78 is 41.8. The maximum atomic E-state index is 12.3. The van der Waals surface area contributed by atoms with Crippen molar-refractivity contribution < 1.29 is 27.5 Å². The van der Waals surface area contributed by atoms with Crippen molar-refractivity contribution in [1.82, 2.24) is 0 Å². The smallest absolute Gasteiger partial charge is 0.444 e. The number of halogens is 4. The molecule has 0 saturated carbocycles. The summed E-state index contributed by atoms with van der Waals surface area (Å²) in [7, 11) is 0. The van der Waals surface area contributed by atoms with Crippen LogP contribution in [0.1, 0.15) is 31.1 Å². The van der Waals surface area contributed by atoms with Gasteiger partial charge in [0.1, 0.15) is 5.60 Å².